The van der Waals surface area contributed by atoms with Gasteiger partial charge < -0.3 is 15.7 Å². The van der Waals surface area contributed by atoms with Gasteiger partial charge in [-0.1, -0.05) is 37.1 Å². The highest BCUT2D eigenvalue weighted by atomic mass is 16.3. The zero-order chi connectivity index (χ0) is 17.1. The molecule has 1 aromatic carbocycles. The molecule has 2 aliphatic carbocycles. The minimum absolute atomic E-state index is 0.0686. The Balaban J connectivity index is 1.51. The van der Waals surface area contributed by atoms with Crippen molar-refractivity contribution in [2.75, 3.05) is 0 Å². The summed E-state index contributed by atoms with van der Waals surface area (Å²) in [6.45, 7) is 1.85. The normalized spacial score (nSPS) is 24.4. The molecule has 3 N–H and O–H groups in total. The van der Waals surface area contributed by atoms with E-state index >= 15 is 0 Å². The summed E-state index contributed by atoms with van der Waals surface area (Å²) in [5, 5.41) is 16.1. The highest BCUT2D eigenvalue weighted by molar-refractivity contribution is 5.81. The second-order valence-corrected chi connectivity index (χ2v) is 7.11. The predicted octanol–water partition coefficient (Wildman–Crippen LogP) is 1.85. The third kappa shape index (κ3) is 3.78. The van der Waals surface area contributed by atoms with Crippen LogP contribution in [0.15, 0.2) is 24.3 Å². The first kappa shape index (κ1) is 17.0. The number of carbonyl (C=O) groups is 2. The lowest BCUT2D eigenvalue weighted by Crippen LogP contribution is -2.41. The molecule has 0 heterocycles. The zero-order valence-corrected chi connectivity index (χ0v) is 14.1. The standard InChI is InChI=1S/C19H26N2O3/c1-12(20-19(24)13-6-2-3-7-13)10-17(23)21-18-15-9-5-4-8-14(15)11-16(18)22/h4-5,8-9,12-13,16,18,22H,2-3,6-7,10-11H2,1H3,(H,20,24)(H,21,23). The van der Waals surface area contributed by atoms with Gasteiger partial charge >= 0.3 is 0 Å². The van der Waals surface area contributed by atoms with Crippen molar-refractivity contribution in [2.45, 2.75) is 63.6 Å². The summed E-state index contributed by atoms with van der Waals surface area (Å²) in [4.78, 5) is 24.4. The van der Waals surface area contributed by atoms with Crippen LogP contribution >= 0.6 is 0 Å². The highest BCUT2D eigenvalue weighted by Gasteiger charge is 2.32. The number of hydrogen-bond donors (Lipinski definition) is 3. The maximum absolute atomic E-state index is 12.3. The molecule has 3 atom stereocenters. The molecule has 1 fully saturated rings. The fourth-order valence-electron chi connectivity index (χ4n) is 3.86. The van der Waals surface area contributed by atoms with Crippen LogP contribution in [0, 0.1) is 5.92 Å². The third-order valence-corrected chi connectivity index (χ3v) is 5.13. The van der Waals surface area contributed by atoms with E-state index in [-0.39, 0.29) is 36.2 Å². The second kappa shape index (κ2) is 7.34. The predicted molar refractivity (Wildman–Crippen MR) is 91.2 cm³/mol. The molecule has 3 unspecified atom stereocenters. The smallest absolute Gasteiger partial charge is 0.223 e. The van der Waals surface area contributed by atoms with Crippen LogP contribution in [0.3, 0.4) is 0 Å². The number of nitrogens with one attached hydrogen (secondary N) is 2. The van der Waals surface area contributed by atoms with Gasteiger partial charge in [0.25, 0.3) is 0 Å². The fraction of sp³-hybridized carbons (Fsp3) is 0.579. The van der Waals surface area contributed by atoms with E-state index in [1.807, 2.05) is 31.2 Å². The van der Waals surface area contributed by atoms with Crippen LogP contribution in [0.25, 0.3) is 0 Å². The summed E-state index contributed by atoms with van der Waals surface area (Å²) in [7, 11) is 0. The Bertz CT molecular complexity index is 610. The lowest BCUT2D eigenvalue weighted by Gasteiger charge is -2.21. The first-order chi connectivity index (χ1) is 11.5. The van der Waals surface area contributed by atoms with Crippen LogP contribution in [0.4, 0.5) is 0 Å². The number of fused-ring (bicyclic) bond motifs is 1. The molecule has 0 spiro atoms. The fourth-order valence-corrected chi connectivity index (χ4v) is 3.86. The van der Waals surface area contributed by atoms with Crippen LogP contribution in [0.1, 0.15) is 56.2 Å². The van der Waals surface area contributed by atoms with Crippen LogP contribution in [-0.2, 0) is 16.0 Å². The van der Waals surface area contributed by atoms with Gasteiger partial charge in [-0.2, -0.15) is 0 Å². The SMILES string of the molecule is CC(CC(=O)NC1c2ccccc2CC1O)NC(=O)C1CCCC1. The number of benzene rings is 1. The molecule has 0 radical (unpaired) electrons. The minimum atomic E-state index is -0.588. The molecule has 0 aromatic heterocycles. The lowest BCUT2D eigenvalue weighted by atomic mass is 10.1. The number of amides is 2. The average Bonchev–Trinajstić information content (AvgIpc) is 3.16. The Morgan fingerprint density at radius 2 is 1.96 bits per heavy atom. The second-order valence-electron chi connectivity index (χ2n) is 7.11. The van der Waals surface area contributed by atoms with Crippen LogP contribution in [0.2, 0.25) is 0 Å². The Morgan fingerprint density at radius 1 is 1.25 bits per heavy atom. The van der Waals surface area contributed by atoms with Crippen molar-refractivity contribution in [3.63, 3.8) is 0 Å². The molecule has 3 rings (SSSR count). The maximum Gasteiger partial charge on any atom is 0.223 e. The van der Waals surface area contributed by atoms with E-state index in [0.717, 1.165) is 36.8 Å². The third-order valence-electron chi connectivity index (χ3n) is 5.13. The molecular weight excluding hydrogens is 304 g/mol. The Labute approximate surface area is 142 Å². The molecule has 2 aliphatic rings. The van der Waals surface area contributed by atoms with Crippen molar-refractivity contribution in [2.24, 2.45) is 5.92 Å². The molecular formula is C19H26N2O3. The summed E-state index contributed by atoms with van der Waals surface area (Å²) in [5.74, 6) is 0.0352. The molecule has 5 heteroatoms. The van der Waals surface area contributed by atoms with E-state index in [0.29, 0.717) is 6.42 Å². The van der Waals surface area contributed by atoms with Gasteiger partial charge in [0.1, 0.15) is 0 Å². The Hall–Kier alpha value is -1.88. The number of hydrogen-bond acceptors (Lipinski definition) is 3. The van der Waals surface area contributed by atoms with Gasteiger partial charge in [-0.25, -0.2) is 0 Å². The van der Waals surface area contributed by atoms with Crippen LogP contribution in [-0.4, -0.2) is 29.1 Å². The van der Waals surface area contributed by atoms with E-state index in [2.05, 4.69) is 10.6 Å². The van der Waals surface area contributed by atoms with E-state index in [9.17, 15) is 14.7 Å². The number of rotatable bonds is 5. The molecule has 0 bridgehead atoms. The molecule has 130 valence electrons. The zero-order valence-electron chi connectivity index (χ0n) is 14.1. The summed E-state index contributed by atoms with van der Waals surface area (Å²) in [6.07, 6.45) is 4.34. The molecule has 1 saturated carbocycles. The van der Waals surface area contributed by atoms with Gasteiger partial charge in [0, 0.05) is 24.8 Å². The van der Waals surface area contributed by atoms with Crippen LogP contribution in [0.5, 0.6) is 0 Å². The lowest BCUT2D eigenvalue weighted by molar-refractivity contribution is -0.126. The quantitative estimate of drug-likeness (QED) is 0.771. The van der Waals surface area contributed by atoms with E-state index < -0.39 is 6.10 Å². The van der Waals surface area contributed by atoms with Crippen molar-refractivity contribution in [1.29, 1.82) is 0 Å². The van der Waals surface area contributed by atoms with Gasteiger partial charge in [0.05, 0.1) is 12.1 Å². The number of carbonyl (C=O) groups excluding carboxylic acids is 2. The first-order valence-electron chi connectivity index (χ1n) is 8.90. The average molecular weight is 330 g/mol. The van der Waals surface area contributed by atoms with Crippen molar-refractivity contribution >= 4 is 11.8 Å². The van der Waals surface area contributed by atoms with Crippen molar-refractivity contribution < 1.29 is 14.7 Å². The van der Waals surface area contributed by atoms with Crippen molar-refractivity contribution in [1.82, 2.24) is 10.6 Å². The van der Waals surface area contributed by atoms with Gasteiger partial charge in [-0.3, -0.25) is 9.59 Å². The molecule has 1 aromatic rings. The number of aliphatic hydroxyl groups excluding tert-OH is 1. The summed E-state index contributed by atoms with van der Waals surface area (Å²) >= 11 is 0. The van der Waals surface area contributed by atoms with Crippen molar-refractivity contribution in [3.8, 4) is 0 Å². The topological polar surface area (TPSA) is 78.4 Å². The van der Waals surface area contributed by atoms with Crippen LogP contribution < -0.4 is 10.6 Å². The summed E-state index contributed by atoms with van der Waals surface area (Å²) in [6, 6.07) is 7.23. The summed E-state index contributed by atoms with van der Waals surface area (Å²) < 4.78 is 0. The van der Waals surface area contributed by atoms with Gasteiger partial charge in [0.2, 0.25) is 11.8 Å². The highest BCUT2D eigenvalue weighted by Crippen LogP contribution is 2.31. The number of aliphatic hydroxyl groups is 1. The van der Waals surface area contributed by atoms with E-state index in [1.165, 1.54) is 0 Å². The van der Waals surface area contributed by atoms with E-state index in [4.69, 9.17) is 0 Å². The van der Waals surface area contributed by atoms with Gasteiger partial charge in [-0.15, -0.1) is 0 Å². The molecule has 0 aliphatic heterocycles. The largest absolute Gasteiger partial charge is 0.390 e. The molecule has 2 amide bonds. The first-order valence-corrected chi connectivity index (χ1v) is 8.90. The monoisotopic (exact) mass is 330 g/mol. The van der Waals surface area contributed by atoms with Crippen molar-refractivity contribution in [3.05, 3.63) is 35.4 Å². The van der Waals surface area contributed by atoms with E-state index in [1.54, 1.807) is 0 Å². The molecule has 24 heavy (non-hydrogen) atoms. The summed E-state index contributed by atoms with van der Waals surface area (Å²) in [5.41, 5.74) is 2.07. The minimum Gasteiger partial charge on any atom is -0.390 e. The molecule has 5 nitrogen and oxygen atoms in total. The Morgan fingerprint density at radius 3 is 2.71 bits per heavy atom. The van der Waals surface area contributed by atoms with Gasteiger partial charge in [-0.05, 0) is 30.9 Å². The molecule has 0 saturated heterocycles. The van der Waals surface area contributed by atoms with Gasteiger partial charge in [0.15, 0.2) is 0 Å². The maximum atomic E-state index is 12.3. The Kier molecular flexibility index (Phi) is 5.19.